The molecule has 6 nitrogen and oxygen atoms in total. The predicted molar refractivity (Wildman–Crippen MR) is 114 cm³/mol. The SMILES string of the molecule is O=C(C[C@H](Cn1cccc1)c1ccc(Cl)cc1)Nc1cccc(-c2ncn[nH]2)c1. The lowest BCUT2D eigenvalue weighted by Gasteiger charge is -2.18. The van der Waals surface area contributed by atoms with Gasteiger partial charge in [-0.2, -0.15) is 5.10 Å². The normalized spacial score (nSPS) is 11.9. The number of amides is 1. The van der Waals surface area contributed by atoms with Crippen molar-refractivity contribution in [1.29, 1.82) is 0 Å². The van der Waals surface area contributed by atoms with Gasteiger partial charge in [0.2, 0.25) is 5.91 Å². The van der Waals surface area contributed by atoms with Crippen molar-refractivity contribution in [1.82, 2.24) is 19.7 Å². The highest BCUT2D eigenvalue weighted by atomic mass is 35.5. The molecule has 0 saturated heterocycles. The van der Waals surface area contributed by atoms with Crippen LogP contribution in [-0.4, -0.2) is 25.7 Å². The van der Waals surface area contributed by atoms with E-state index in [1.54, 1.807) is 0 Å². The first-order chi connectivity index (χ1) is 14.2. The van der Waals surface area contributed by atoms with Crippen LogP contribution in [0.3, 0.4) is 0 Å². The summed E-state index contributed by atoms with van der Waals surface area (Å²) in [5.41, 5.74) is 2.66. The third-order valence-electron chi connectivity index (χ3n) is 4.71. The van der Waals surface area contributed by atoms with Crippen LogP contribution in [0.2, 0.25) is 5.02 Å². The minimum Gasteiger partial charge on any atom is -0.354 e. The zero-order chi connectivity index (χ0) is 20.1. The molecule has 0 aliphatic rings. The van der Waals surface area contributed by atoms with Crippen molar-refractivity contribution in [2.24, 2.45) is 0 Å². The number of aromatic amines is 1. The minimum absolute atomic E-state index is 0.0251. The van der Waals surface area contributed by atoms with Gasteiger partial charge in [0.1, 0.15) is 6.33 Å². The maximum atomic E-state index is 12.8. The van der Waals surface area contributed by atoms with Crippen LogP contribution in [-0.2, 0) is 11.3 Å². The summed E-state index contributed by atoms with van der Waals surface area (Å²) in [7, 11) is 0. The van der Waals surface area contributed by atoms with Crippen LogP contribution in [0.4, 0.5) is 5.69 Å². The summed E-state index contributed by atoms with van der Waals surface area (Å²) in [5, 5.41) is 10.4. The molecule has 0 aliphatic heterocycles. The highest BCUT2D eigenvalue weighted by Gasteiger charge is 2.17. The number of halogens is 1. The molecular formula is C22H20ClN5O. The molecule has 4 rings (SSSR count). The molecule has 0 bridgehead atoms. The van der Waals surface area contributed by atoms with E-state index in [0.29, 0.717) is 23.8 Å². The number of hydrogen-bond acceptors (Lipinski definition) is 3. The Bertz CT molecular complexity index is 1060. The van der Waals surface area contributed by atoms with Crippen LogP contribution < -0.4 is 5.32 Å². The molecule has 4 aromatic rings. The van der Waals surface area contributed by atoms with E-state index in [-0.39, 0.29) is 11.8 Å². The Morgan fingerprint density at radius 3 is 2.62 bits per heavy atom. The number of rotatable bonds is 7. The lowest BCUT2D eigenvalue weighted by atomic mass is 9.95. The van der Waals surface area contributed by atoms with E-state index in [4.69, 9.17) is 11.6 Å². The number of carbonyl (C=O) groups is 1. The number of hydrogen-bond donors (Lipinski definition) is 2. The molecule has 7 heteroatoms. The predicted octanol–water partition coefficient (Wildman–Crippen LogP) is 4.74. The van der Waals surface area contributed by atoms with Gasteiger partial charge in [-0.05, 0) is 42.0 Å². The first kappa shape index (κ1) is 19.0. The molecule has 2 N–H and O–H groups in total. The average Bonchev–Trinajstić information content (AvgIpc) is 3.42. The lowest BCUT2D eigenvalue weighted by Crippen LogP contribution is -2.18. The van der Waals surface area contributed by atoms with Gasteiger partial charge in [0.05, 0.1) is 0 Å². The molecular weight excluding hydrogens is 386 g/mol. The first-order valence-electron chi connectivity index (χ1n) is 9.29. The summed E-state index contributed by atoms with van der Waals surface area (Å²) in [6, 6.07) is 19.2. The van der Waals surface area contributed by atoms with Crippen LogP contribution in [0.1, 0.15) is 17.9 Å². The third kappa shape index (κ3) is 4.92. The van der Waals surface area contributed by atoms with Crippen molar-refractivity contribution in [3.63, 3.8) is 0 Å². The summed E-state index contributed by atoms with van der Waals surface area (Å²) >= 11 is 6.03. The molecule has 2 aromatic carbocycles. The fourth-order valence-corrected chi connectivity index (χ4v) is 3.42. The number of nitrogens with zero attached hydrogens (tertiary/aromatic N) is 3. The quantitative estimate of drug-likeness (QED) is 0.466. The molecule has 2 heterocycles. The number of H-pyrrole nitrogens is 1. The largest absolute Gasteiger partial charge is 0.354 e. The second-order valence-corrected chi connectivity index (χ2v) is 7.23. The summed E-state index contributed by atoms with van der Waals surface area (Å²) < 4.78 is 2.08. The number of aromatic nitrogens is 4. The molecule has 0 unspecified atom stereocenters. The van der Waals surface area contributed by atoms with Crippen LogP contribution >= 0.6 is 11.6 Å². The maximum absolute atomic E-state index is 12.8. The molecule has 2 aromatic heterocycles. The molecule has 1 atom stereocenters. The van der Waals surface area contributed by atoms with Gasteiger partial charge in [-0.15, -0.1) is 0 Å². The highest BCUT2D eigenvalue weighted by molar-refractivity contribution is 6.30. The first-order valence-corrected chi connectivity index (χ1v) is 9.67. The Morgan fingerprint density at radius 1 is 1.10 bits per heavy atom. The molecule has 0 saturated carbocycles. The molecule has 1 amide bonds. The van der Waals surface area contributed by atoms with Gasteiger partial charge in [-0.25, -0.2) is 4.98 Å². The third-order valence-corrected chi connectivity index (χ3v) is 4.96. The molecule has 0 spiro atoms. The fraction of sp³-hybridized carbons (Fsp3) is 0.136. The van der Waals surface area contributed by atoms with E-state index in [0.717, 1.165) is 16.8 Å². The zero-order valence-corrected chi connectivity index (χ0v) is 16.4. The Morgan fingerprint density at radius 2 is 1.90 bits per heavy atom. The van der Waals surface area contributed by atoms with E-state index in [1.165, 1.54) is 6.33 Å². The Labute approximate surface area is 173 Å². The number of benzene rings is 2. The summed E-state index contributed by atoms with van der Waals surface area (Å²) in [5.74, 6) is 0.636. The average molecular weight is 406 g/mol. The van der Waals surface area contributed by atoms with Gasteiger partial charge in [0, 0.05) is 47.6 Å². The summed E-state index contributed by atoms with van der Waals surface area (Å²) in [4.78, 5) is 17.0. The van der Waals surface area contributed by atoms with Crippen LogP contribution in [0.15, 0.2) is 79.4 Å². The Balaban J connectivity index is 1.49. The van der Waals surface area contributed by atoms with Gasteiger partial charge < -0.3 is 9.88 Å². The van der Waals surface area contributed by atoms with Gasteiger partial charge in [0.25, 0.3) is 0 Å². The van der Waals surface area contributed by atoms with Crippen molar-refractivity contribution >= 4 is 23.2 Å². The van der Waals surface area contributed by atoms with Crippen molar-refractivity contribution in [3.05, 3.63) is 90.0 Å². The zero-order valence-electron chi connectivity index (χ0n) is 15.6. The van der Waals surface area contributed by atoms with Gasteiger partial charge >= 0.3 is 0 Å². The van der Waals surface area contributed by atoms with Gasteiger partial charge in [-0.1, -0.05) is 35.9 Å². The van der Waals surface area contributed by atoms with E-state index < -0.39 is 0 Å². The second kappa shape index (κ2) is 8.75. The van der Waals surface area contributed by atoms with Gasteiger partial charge in [0.15, 0.2) is 5.82 Å². The standard InChI is InChI=1S/C22H20ClN5O/c23-19-8-6-16(7-9-19)18(14-28-10-1-2-11-28)13-21(29)26-20-5-3-4-17(12-20)22-24-15-25-27-22/h1-12,15,18H,13-14H2,(H,26,29)(H,24,25,27)/t18-/m1/s1. The van der Waals surface area contributed by atoms with Gasteiger partial charge in [-0.3, -0.25) is 9.89 Å². The molecule has 0 radical (unpaired) electrons. The second-order valence-electron chi connectivity index (χ2n) is 6.80. The smallest absolute Gasteiger partial charge is 0.225 e. The number of nitrogens with one attached hydrogen (secondary N) is 2. The lowest BCUT2D eigenvalue weighted by molar-refractivity contribution is -0.116. The molecule has 146 valence electrons. The summed E-state index contributed by atoms with van der Waals surface area (Å²) in [6.07, 6.45) is 5.81. The fourth-order valence-electron chi connectivity index (χ4n) is 3.29. The Kier molecular flexibility index (Phi) is 5.72. The van der Waals surface area contributed by atoms with Crippen molar-refractivity contribution in [2.45, 2.75) is 18.9 Å². The summed E-state index contributed by atoms with van der Waals surface area (Å²) in [6.45, 7) is 0.708. The minimum atomic E-state index is -0.0492. The van der Waals surface area contributed by atoms with Crippen molar-refractivity contribution in [3.8, 4) is 11.4 Å². The number of anilines is 1. The van der Waals surface area contributed by atoms with Crippen LogP contribution in [0.5, 0.6) is 0 Å². The van der Waals surface area contributed by atoms with Crippen LogP contribution in [0, 0.1) is 0 Å². The maximum Gasteiger partial charge on any atom is 0.225 e. The Hall–Kier alpha value is -3.38. The van der Waals surface area contributed by atoms with E-state index >= 15 is 0 Å². The van der Waals surface area contributed by atoms with E-state index in [9.17, 15) is 4.79 Å². The molecule has 29 heavy (non-hydrogen) atoms. The van der Waals surface area contributed by atoms with Crippen molar-refractivity contribution < 1.29 is 4.79 Å². The van der Waals surface area contributed by atoms with Crippen LogP contribution in [0.25, 0.3) is 11.4 Å². The van der Waals surface area contributed by atoms with E-state index in [1.807, 2.05) is 73.1 Å². The van der Waals surface area contributed by atoms with E-state index in [2.05, 4.69) is 25.1 Å². The number of carbonyl (C=O) groups excluding carboxylic acids is 1. The topological polar surface area (TPSA) is 75.6 Å². The molecule has 0 fully saturated rings. The van der Waals surface area contributed by atoms with Crippen molar-refractivity contribution in [2.75, 3.05) is 5.32 Å². The monoisotopic (exact) mass is 405 g/mol. The highest BCUT2D eigenvalue weighted by Crippen LogP contribution is 2.25. The molecule has 0 aliphatic carbocycles.